The van der Waals surface area contributed by atoms with Crippen LogP contribution in [-0.4, -0.2) is 56.1 Å². The van der Waals surface area contributed by atoms with Gasteiger partial charge in [0, 0.05) is 42.4 Å². The zero-order valence-corrected chi connectivity index (χ0v) is 22.3. The molecule has 11 heteroatoms. The van der Waals surface area contributed by atoms with Crippen LogP contribution in [0.15, 0.2) is 41.3 Å². The molecule has 2 bridgehead atoms. The fourth-order valence-electron chi connectivity index (χ4n) is 6.09. The van der Waals surface area contributed by atoms with E-state index in [4.69, 9.17) is 9.47 Å². The molecule has 3 fully saturated rings. The van der Waals surface area contributed by atoms with Gasteiger partial charge in [0.05, 0.1) is 59.9 Å². The summed E-state index contributed by atoms with van der Waals surface area (Å²) in [5.41, 5.74) is 1.75. The van der Waals surface area contributed by atoms with Gasteiger partial charge in [0.25, 0.3) is 5.56 Å². The van der Waals surface area contributed by atoms with Crippen molar-refractivity contribution in [3.63, 3.8) is 0 Å². The number of aliphatic hydroxyl groups is 1. The molecule has 6 heterocycles. The van der Waals surface area contributed by atoms with Crippen molar-refractivity contribution in [2.45, 2.75) is 62.8 Å². The SMILES string of the molecule is COc1ccc2nc(CNC34CCC(CCc5c(F)cnc6ccc(=O)n(CCO)c56)(CC3)OC4)c(F)cc2n1. The normalized spacial score (nSPS) is 22.3. The lowest BCUT2D eigenvalue weighted by atomic mass is 9.69. The van der Waals surface area contributed by atoms with E-state index in [0.717, 1.165) is 25.7 Å². The molecule has 210 valence electrons. The molecule has 40 heavy (non-hydrogen) atoms. The lowest BCUT2D eigenvalue weighted by Gasteiger charge is -2.53. The van der Waals surface area contributed by atoms with Crippen molar-refractivity contribution in [2.24, 2.45) is 0 Å². The molecular formula is C29H31F2N5O4. The minimum Gasteiger partial charge on any atom is -0.481 e. The predicted octanol–water partition coefficient (Wildman–Crippen LogP) is 3.42. The molecule has 0 spiro atoms. The summed E-state index contributed by atoms with van der Waals surface area (Å²) in [6.07, 6.45) is 5.42. The molecular weight excluding hydrogens is 520 g/mol. The molecule has 0 aromatic carbocycles. The second-order valence-corrected chi connectivity index (χ2v) is 10.8. The van der Waals surface area contributed by atoms with Gasteiger partial charge in [0.1, 0.15) is 11.6 Å². The van der Waals surface area contributed by atoms with Crippen LogP contribution in [0.25, 0.3) is 22.1 Å². The second-order valence-electron chi connectivity index (χ2n) is 10.8. The molecule has 2 N–H and O–H groups in total. The average molecular weight is 552 g/mol. The number of fused-ring (bicyclic) bond motifs is 5. The van der Waals surface area contributed by atoms with Gasteiger partial charge in [-0.2, -0.15) is 0 Å². The molecule has 1 saturated carbocycles. The topological polar surface area (TPSA) is 111 Å². The molecule has 7 rings (SSSR count). The van der Waals surface area contributed by atoms with Gasteiger partial charge in [-0.3, -0.25) is 9.78 Å². The number of halogens is 2. The van der Waals surface area contributed by atoms with E-state index in [9.17, 15) is 14.3 Å². The van der Waals surface area contributed by atoms with Crippen molar-refractivity contribution in [3.8, 4) is 5.88 Å². The average Bonchev–Trinajstić information content (AvgIpc) is 2.98. The molecule has 3 aliphatic rings. The van der Waals surface area contributed by atoms with Crippen molar-refractivity contribution >= 4 is 22.1 Å². The molecule has 2 saturated heterocycles. The Balaban J connectivity index is 1.14. The van der Waals surface area contributed by atoms with Gasteiger partial charge in [-0.25, -0.2) is 18.7 Å². The zero-order chi connectivity index (χ0) is 27.9. The quantitative estimate of drug-likeness (QED) is 0.326. The second kappa shape index (κ2) is 10.5. The van der Waals surface area contributed by atoms with Crippen LogP contribution in [0, 0.1) is 11.6 Å². The first-order valence-corrected chi connectivity index (χ1v) is 13.5. The molecule has 0 amide bonds. The van der Waals surface area contributed by atoms with Crippen molar-refractivity contribution in [3.05, 3.63) is 69.8 Å². The van der Waals surface area contributed by atoms with E-state index in [0.29, 0.717) is 58.7 Å². The Labute approximate surface area is 229 Å². The number of nitrogens with one attached hydrogen (secondary N) is 1. The summed E-state index contributed by atoms with van der Waals surface area (Å²) in [4.78, 5) is 25.3. The highest BCUT2D eigenvalue weighted by molar-refractivity contribution is 5.78. The van der Waals surface area contributed by atoms with Crippen LogP contribution in [0.2, 0.25) is 0 Å². The summed E-state index contributed by atoms with van der Waals surface area (Å²) >= 11 is 0. The van der Waals surface area contributed by atoms with Crippen LogP contribution in [0.3, 0.4) is 0 Å². The van der Waals surface area contributed by atoms with Crippen LogP contribution in [0.4, 0.5) is 8.78 Å². The van der Waals surface area contributed by atoms with Crippen molar-refractivity contribution in [1.29, 1.82) is 0 Å². The maximum absolute atomic E-state index is 15.0. The van der Waals surface area contributed by atoms with Crippen LogP contribution >= 0.6 is 0 Å². The standard InChI is InChI=1S/C29H31F2N5O4/c1-39-25-4-2-21-23(35-25)14-19(30)24(34-21)16-33-28-8-10-29(11-9-28,40-17-28)7-6-18-20(31)15-32-22-3-5-26(38)36(12-13-37)27(18)22/h2-5,14-15,33,37H,6-13,16-17H2,1H3. The van der Waals surface area contributed by atoms with Crippen LogP contribution in [0.1, 0.15) is 43.4 Å². The van der Waals surface area contributed by atoms with Crippen LogP contribution in [0.5, 0.6) is 5.88 Å². The number of ether oxygens (including phenoxy) is 2. The molecule has 4 aromatic rings. The summed E-state index contributed by atoms with van der Waals surface area (Å²) in [6, 6.07) is 7.82. The molecule has 2 aliphatic heterocycles. The van der Waals surface area contributed by atoms with Crippen LogP contribution < -0.4 is 15.6 Å². The third kappa shape index (κ3) is 4.82. The van der Waals surface area contributed by atoms with Gasteiger partial charge in [-0.15, -0.1) is 0 Å². The Bertz CT molecular complexity index is 1620. The molecule has 4 aromatic heterocycles. The molecule has 9 nitrogen and oxygen atoms in total. The fraction of sp³-hybridized carbons (Fsp3) is 0.448. The first kappa shape index (κ1) is 26.7. The number of methoxy groups -OCH3 is 1. The van der Waals surface area contributed by atoms with Gasteiger partial charge in [-0.05, 0) is 50.7 Å². The number of hydrogen-bond donors (Lipinski definition) is 2. The number of hydrogen-bond acceptors (Lipinski definition) is 8. The Hall–Kier alpha value is -3.54. The van der Waals surface area contributed by atoms with E-state index >= 15 is 4.39 Å². The number of pyridine rings is 4. The molecule has 1 aliphatic carbocycles. The van der Waals surface area contributed by atoms with E-state index in [1.807, 2.05) is 0 Å². The highest BCUT2D eigenvalue weighted by Crippen LogP contribution is 2.46. The van der Waals surface area contributed by atoms with Gasteiger partial charge in [0.15, 0.2) is 0 Å². The fourth-order valence-corrected chi connectivity index (χ4v) is 6.09. The minimum atomic E-state index is -0.470. The van der Waals surface area contributed by atoms with Crippen LogP contribution in [-0.2, 0) is 24.2 Å². The number of aryl methyl sites for hydroxylation is 1. The van der Waals surface area contributed by atoms with Crippen molar-refractivity contribution in [1.82, 2.24) is 24.8 Å². The largest absolute Gasteiger partial charge is 0.481 e. The number of aliphatic hydroxyl groups excluding tert-OH is 1. The predicted molar refractivity (Wildman–Crippen MR) is 144 cm³/mol. The maximum atomic E-state index is 15.0. The minimum absolute atomic E-state index is 0.0709. The summed E-state index contributed by atoms with van der Waals surface area (Å²) in [6.45, 7) is 0.569. The smallest absolute Gasteiger partial charge is 0.251 e. The molecule has 0 atom stereocenters. The highest BCUT2D eigenvalue weighted by atomic mass is 19.1. The Morgan fingerprint density at radius 3 is 2.60 bits per heavy atom. The summed E-state index contributed by atoms with van der Waals surface area (Å²) in [5.74, 6) is -0.490. The number of rotatable bonds is 9. The van der Waals surface area contributed by atoms with E-state index in [1.54, 1.807) is 18.2 Å². The molecule has 0 radical (unpaired) electrons. The summed E-state index contributed by atoms with van der Waals surface area (Å²) < 4.78 is 42.8. The number of nitrogens with zero attached hydrogens (tertiary/aromatic N) is 4. The Morgan fingerprint density at radius 1 is 1.07 bits per heavy atom. The summed E-state index contributed by atoms with van der Waals surface area (Å²) in [5, 5.41) is 13.0. The van der Waals surface area contributed by atoms with Gasteiger partial charge < -0.3 is 24.5 Å². The molecule has 0 unspecified atom stereocenters. The number of aromatic nitrogens is 4. The third-order valence-electron chi connectivity index (χ3n) is 8.49. The van der Waals surface area contributed by atoms with E-state index in [1.165, 1.54) is 30.0 Å². The first-order chi connectivity index (χ1) is 19.3. The van der Waals surface area contributed by atoms with E-state index in [2.05, 4.69) is 20.3 Å². The first-order valence-electron chi connectivity index (χ1n) is 13.5. The third-order valence-corrected chi connectivity index (χ3v) is 8.49. The summed E-state index contributed by atoms with van der Waals surface area (Å²) in [7, 11) is 1.51. The monoisotopic (exact) mass is 551 g/mol. The maximum Gasteiger partial charge on any atom is 0.251 e. The van der Waals surface area contributed by atoms with Crippen molar-refractivity contribution < 1.29 is 23.4 Å². The Morgan fingerprint density at radius 2 is 1.88 bits per heavy atom. The van der Waals surface area contributed by atoms with Gasteiger partial charge >= 0.3 is 0 Å². The van der Waals surface area contributed by atoms with Gasteiger partial charge in [-0.1, -0.05) is 0 Å². The van der Waals surface area contributed by atoms with Crippen molar-refractivity contribution in [2.75, 3.05) is 20.3 Å². The van der Waals surface area contributed by atoms with Gasteiger partial charge in [0.2, 0.25) is 5.88 Å². The lowest BCUT2D eigenvalue weighted by Crippen LogP contribution is -2.61. The van der Waals surface area contributed by atoms with E-state index < -0.39 is 11.6 Å². The zero-order valence-electron chi connectivity index (χ0n) is 22.3. The lowest BCUT2D eigenvalue weighted by molar-refractivity contribution is -0.165. The van der Waals surface area contributed by atoms with E-state index in [-0.39, 0.29) is 36.4 Å². The Kier molecular flexibility index (Phi) is 6.97. The highest BCUT2D eigenvalue weighted by Gasteiger charge is 2.49.